The van der Waals surface area contributed by atoms with E-state index in [9.17, 15) is 47.9 Å². The van der Waals surface area contributed by atoms with Crippen LogP contribution in [0.4, 0.5) is 0 Å². The Kier molecular flexibility index (Phi) is 19.4. The monoisotopic (exact) mass is 861 g/mol. The van der Waals surface area contributed by atoms with Gasteiger partial charge in [-0.05, 0) is 56.3 Å². The SMILES string of the molecule is CC(=O)NCC(=O)N(CC(=O)N1CCC[C@H]1C(=O)NCC(=O)N(CC(=O)N1CCC[C@H]1C(=O)NCC(=O)N(CC(=O)N1CCC[C@H]1C(N)=O)CC(C)C)CC(C)C)CC(C)C. The molecule has 3 heterocycles. The van der Waals surface area contributed by atoms with Crippen LogP contribution in [-0.4, -0.2) is 185 Å². The molecule has 0 aromatic heterocycles. The summed E-state index contributed by atoms with van der Waals surface area (Å²) in [6.07, 6.45) is 2.85. The lowest BCUT2D eigenvalue weighted by Crippen LogP contribution is -2.54. The van der Waals surface area contributed by atoms with Gasteiger partial charge in [0, 0.05) is 46.2 Å². The Labute approximate surface area is 358 Å². The molecule has 3 aliphatic rings. The lowest BCUT2D eigenvalue weighted by atomic mass is 10.1. The van der Waals surface area contributed by atoms with Crippen LogP contribution in [0, 0.1) is 17.8 Å². The first-order chi connectivity index (χ1) is 28.7. The van der Waals surface area contributed by atoms with Crippen molar-refractivity contribution in [1.82, 2.24) is 45.3 Å². The fourth-order valence-corrected chi connectivity index (χ4v) is 7.98. The van der Waals surface area contributed by atoms with Gasteiger partial charge in [-0.2, -0.15) is 0 Å². The van der Waals surface area contributed by atoms with Crippen molar-refractivity contribution in [2.75, 3.05) is 78.5 Å². The van der Waals surface area contributed by atoms with Gasteiger partial charge in [0.2, 0.25) is 59.1 Å². The third-order valence-corrected chi connectivity index (χ3v) is 10.8. The Morgan fingerprint density at radius 2 is 0.803 bits per heavy atom. The number of likely N-dealkylation sites (tertiary alicyclic amines) is 3. The zero-order chi connectivity index (χ0) is 45.6. The van der Waals surface area contributed by atoms with Crippen molar-refractivity contribution in [2.45, 2.75) is 105 Å². The van der Waals surface area contributed by atoms with Crippen LogP contribution in [0.2, 0.25) is 0 Å². The Morgan fingerprint density at radius 1 is 0.508 bits per heavy atom. The Bertz CT molecular complexity index is 1640. The molecule has 3 saturated heterocycles. The van der Waals surface area contributed by atoms with Gasteiger partial charge in [0.1, 0.15) is 18.1 Å². The van der Waals surface area contributed by atoms with Gasteiger partial charge in [-0.3, -0.25) is 47.9 Å². The predicted octanol–water partition coefficient (Wildman–Crippen LogP) is -1.73. The molecule has 0 aromatic carbocycles. The first kappa shape index (κ1) is 50.1. The van der Waals surface area contributed by atoms with Gasteiger partial charge in [0.05, 0.1) is 39.3 Å². The Hall–Kier alpha value is -5.30. The van der Waals surface area contributed by atoms with Crippen LogP contribution in [0.3, 0.4) is 0 Å². The van der Waals surface area contributed by atoms with Crippen molar-refractivity contribution in [3.05, 3.63) is 0 Å². The van der Waals surface area contributed by atoms with Crippen LogP contribution in [0.1, 0.15) is 87.0 Å². The molecule has 0 bridgehead atoms. The first-order valence-electron chi connectivity index (χ1n) is 21.5. The molecule has 20 heteroatoms. The van der Waals surface area contributed by atoms with Crippen molar-refractivity contribution in [2.24, 2.45) is 23.5 Å². The van der Waals surface area contributed by atoms with E-state index in [1.54, 1.807) is 0 Å². The number of nitrogens with two attached hydrogens (primary N) is 1. The number of hydrogen-bond donors (Lipinski definition) is 4. The van der Waals surface area contributed by atoms with Crippen LogP contribution in [0.5, 0.6) is 0 Å². The summed E-state index contributed by atoms with van der Waals surface area (Å²) in [6, 6.07) is -2.47. The summed E-state index contributed by atoms with van der Waals surface area (Å²) in [7, 11) is 0. The molecular weight excluding hydrogens is 793 g/mol. The molecule has 0 aromatic rings. The number of hydrogen-bond acceptors (Lipinski definition) is 10. The lowest BCUT2D eigenvalue weighted by Gasteiger charge is -2.31. The summed E-state index contributed by atoms with van der Waals surface area (Å²) in [6.45, 7) is 12.2. The summed E-state index contributed by atoms with van der Waals surface area (Å²) < 4.78 is 0. The largest absolute Gasteiger partial charge is 0.368 e. The molecule has 0 spiro atoms. The van der Waals surface area contributed by atoms with Gasteiger partial charge in [-0.25, -0.2) is 0 Å². The van der Waals surface area contributed by atoms with Gasteiger partial charge >= 0.3 is 0 Å². The quantitative estimate of drug-likeness (QED) is 0.102. The zero-order valence-corrected chi connectivity index (χ0v) is 37.0. The topological polar surface area (TPSA) is 252 Å². The van der Waals surface area contributed by atoms with Gasteiger partial charge in [-0.1, -0.05) is 41.5 Å². The van der Waals surface area contributed by atoms with Crippen LogP contribution in [0.25, 0.3) is 0 Å². The molecule has 0 aliphatic carbocycles. The minimum Gasteiger partial charge on any atom is -0.368 e. The second kappa shape index (κ2) is 23.6. The van der Waals surface area contributed by atoms with Gasteiger partial charge in [-0.15, -0.1) is 0 Å². The molecule has 3 atom stereocenters. The van der Waals surface area contributed by atoms with Crippen molar-refractivity contribution in [3.63, 3.8) is 0 Å². The molecule has 0 radical (unpaired) electrons. The third kappa shape index (κ3) is 15.3. The maximum absolute atomic E-state index is 13.7. The van der Waals surface area contributed by atoms with Gasteiger partial charge in [0.25, 0.3) is 0 Å². The second-order valence-electron chi connectivity index (χ2n) is 17.5. The fraction of sp³-hybridized carbons (Fsp3) is 0.756. The number of nitrogens with one attached hydrogen (secondary N) is 3. The van der Waals surface area contributed by atoms with Crippen molar-refractivity contribution >= 4 is 59.1 Å². The standard InChI is InChI=1S/C41H68N10O10/c1-26(2)20-46(33(53)17-43-29(7)52)24-37(57)50-15-9-12-31(50)40(60)45-19-35(55)48(22-28(5)6)25-38(58)51-16-10-13-32(51)41(61)44-18-34(54)47(21-27(3)4)23-36(56)49-14-8-11-30(49)39(42)59/h26-28,30-32H,8-25H2,1-7H3,(H2,42,59)(H,43,52)(H,44,61)(H,45,60)/t30-,31-,32-/m0/s1. The van der Waals surface area contributed by atoms with E-state index in [1.807, 2.05) is 41.5 Å². The number of carbonyl (C=O) groups excluding carboxylic acids is 10. The average molecular weight is 861 g/mol. The summed E-state index contributed by atoms with van der Waals surface area (Å²) >= 11 is 0. The maximum Gasteiger partial charge on any atom is 0.243 e. The average Bonchev–Trinajstić information content (AvgIpc) is 3.98. The molecule has 20 nitrogen and oxygen atoms in total. The number of amides is 10. The molecule has 10 amide bonds. The van der Waals surface area contributed by atoms with Crippen LogP contribution in [-0.2, 0) is 47.9 Å². The molecule has 0 saturated carbocycles. The van der Waals surface area contributed by atoms with E-state index in [1.165, 1.54) is 36.3 Å². The molecular formula is C41H68N10O10. The highest BCUT2D eigenvalue weighted by Gasteiger charge is 2.38. The second-order valence-corrected chi connectivity index (χ2v) is 17.5. The van der Waals surface area contributed by atoms with Crippen LogP contribution >= 0.6 is 0 Å². The first-order valence-corrected chi connectivity index (χ1v) is 21.5. The van der Waals surface area contributed by atoms with Gasteiger partial charge in [0.15, 0.2) is 0 Å². The maximum atomic E-state index is 13.7. The number of carbonyl (C=O) groups is 10. The number of primary amides is 1. The molecule has 3 aliphatic heterocycles. The summed E-state index contributed by atoms with van der Waals surface area (Å²) in [5.41, 5.74) is 5.48. The fourth-order valence-electron chi connectivity index (χ4n) is 7.98. The highest BCUT2D eigenvalue weighted by molar-refractivity contribution is 5.96. The molecule has 5 N–H and O–H groups in total. The third-order valence-electron chi connectivity index (χ3n) is 10.8. The smallest absolute Gasteiger partial charge is 0.243 e. The van der Waals surface area contributed by atoms with Crippen molar-refractivity contribution < 1.29 is 47.9 Å². The van der Waals surface area contributed by atoms with E-state index in [-0.39, 0.29) is 76.0 Å². The molecule has 0 unspecified atom stereocenters. The molecule has 342 valence electrons. The summed E-state index contributed by atoms with van der Waals surface area (Å²) in [5, 5.41) is 7.72. The van der Waals surface area contributed by atoms with E-state index in [0.29, 0.717) is 51.6 Å². The van der Waals surface area contributed by atoms with E-state index >= 15 is 0 Å². The van der Waals surface area contributed by atoms with Crippen LogP contribution < -0.4 is 21.7 Å². The van der Waals surface area contributed by atoms with E-state index in [0.717, 1.165) is 0 Å². The highest BCUT2D eigenvalue weighted by atomic mass is 16.2. The molecule has 61 heavy (non-hydrogen) atoms. The normalized spacial score (nSPS) is 18.7. The zero-order valence-electron chi connectivity index (χ0n) is 37.0. The lowest BCUT2D eigenvalue weighted by molar-refractivity contribution is -0.145. The summed E-state index contributed by atoms with van der Waals surface area (Å²) in [5.74, 6) is -4.81. The predicted molar refractivity (Wildman–Crippen MR) is 222 cm³/mol. The number of nitrogens with zero attached hydrogens (tertiary/aromatic N) is 6. The minimum absolute atomic E-state index is 0.00461. The Balaban J connectivity index is 1.58. The van der Waals surface area contributed by atoms with E-state index in [4.69, 9.17) is 5.73 Å². The van der Waals surface area contributed by atoms with Gasteiger partial charge < -0.3 is 51.1 Å². The van der Waals surface area contributed by atoms with Crippen LogP contribution in [0.15, 0.2) is 0 Å². The van der Waals surface area contributed by atoms with E-state index < -0.39 is 84.4 Å². The number of rotatable bonds is 21. The van der Waals surface area contributed by atoms with Crippen molar-refractivity contribution in [3.8, 4) is 0 Å². The molecule has 3 fully saturated rings. The molecule has 3 rings (SSSR count). The Morgan fingerprint density at radius 3 is 1.10 bits per heavy atom. The minimum atomic E-state index is -0.889. The van der Waals surface area contributed by atoms with Crippen molar-refractivity contribution in [1.29, 1.82) is 0 Å². The van der Waals surface area contributed by atoms with E-state index in [2.05, 4.69) is 16.0 Å². The summed E-state index contributed by atoms with van der Waals surface area (Å²) in [4.78, 5) is 138. The highest BCUT2D eigenvalue weighted by Crippen LogP contribution is 2.21.